The van der Waals surface area contributed by atoms with E-state index in [9.17, 15) is 48.9 Å². The summed E-state index contributed by atoms with van der Waals surface area (Å²) in [6, 6.07) is 1.53. The summed E-state index contributed by atoms with van der Waals surface area (Å²) in [6.07, 6.45) is 4.19. The highest BCUT2D eigenvalue weighted by Crippen LogP contribution is 2.29. The second kappa shape index (κ2) is 24.2. The highest BCUT2D eigenvalue weighted by Gasteiger charge is 2.43. The van der Waals surface area contributed by atoms with Gasteiger partial charge in [-0.25, -0.2) is 0 Å². The Labute approximate surface area is 377 Å². The van der Waals surface area contributed by atoms with Gasteiger partial charge in [0.1, 0.15) is 30.2 Å². The molecule has 1 saturated carbocycles. The first-order valence-electron chi connectivity index (χ1n) is 22.3. The molecule has 7 atom stereocenters. The zero-order valence-corrected chi connectivity index (χ0v) is 36.7. The number of nitrogens with one attached hydrogen (secondary N) is 6. The molecule has 13 N–H and O–H groups in total. The Morgan fingerprint density at radius 3 is 2.28 bits per heavy atom. The van der Waals surface area contributed by atoms with Crippen LogP contribution in [0, 0.1) is 12.8 Å². The predicted octanol–water partition coefficient (Wildman–Crippen LogP) is -2.72. The van der Waals surface area contributed by atoms with Gasteiger partial charge in [-0.3, -0.25) is 48.6 Å². The maximum Gasteiger partial charge on any atom is 0.317 e. The molecule has 22 nitrogen and oxygen atoms in total. The van der Waals surface area contributed by atoms with Crippen LogP contribution in [0.4, 0.5) is 0 Å². The molecular formula is C43H64N12O10. The van der Waals surface area contributed by atoms with Crippen molar-refractivity contribution < 1.29 is 48.9 Å². The first kappa shape index (κ1) is 49.9. The number of amides is 6. The fourth-order valence-electron chi connectivity index (χ4n) is 8.47. The van der Waals surface area contributed by atoms with Crippen LogP contribution in [-0.4, -0.2) is 152 Å². The highest BCUT2D eigenvalue weighted by molar-refractivity contribution is 5.97. The van der Waals surface area contributed by atoms with Crippen molar-refractivity contribution in [3.05, 3.63) is 53.9 Å². The van der Waals surface area contributed by atoms with Crippen molar-refractivity contribution in [3.63, 3.8) is 0 Å². The van der Waals surface area contributed by atoms with Gasteiger partial charge in [0.05, 0.1) is 37.5 Å². The third kappa shape index (κ3) is 15.5. The summed E-state index contributed by atoms with van der Waals surface area (Å²) in [6.45, 7) is 0.975. The molecule has 1 aromatic carbocycles. The number of guanidine groups is 1. The molecule has 0 unspecified atom stereocenters. The number of aliphatic carboxylic acids is 1. The van der Waals surface area contributed by atoms with Gasteiger partial charge in [0.15, 0.2) is 5.96 Å². The number of benzene rings is 1. The number of aliphatic hydroxyl groups is 2. The number of carboxylic acid groups (broad SMARTS) is 1. The van der Waals surface area contributed by atoms with Gasteiger partial charge in [-0.2, -0.15) is 5.10 Å². The van der Waals surface area contributed by atoms with E-state index in [4.69, 9.17) is 11.5 Å². The van der Waals surface area contributed by atoms with Crippen LogP contribution in [-0.2, 0) is 46.5 Å². The number of fused-ring (bicyclic) bond motifs is 1. The van der Waals surface area contributed by atoms with Crippen LogP contribution in [0.25, 0.3) is 0 Å². The number of carbonyl (C=O) groups is 7. The van der Waals surface area contributed by atoms with Gasteiger partial charge >= 0.3 is 5.97 Å². The number of aromatic nitrogens is 2. The highest BCUT2D eigenvalue weighted by atomic mass is 16.4. The lowest BCUT2D eigenvalue weighted by atomic mass is 9.83. The van der Waals surface area contributed by atoms with Crippen molar-refractivity contribution in [1.29, 1.82) is 0 Å². The Bertz CT molecular complexity index is 1990. The van der Waals surface area contributed by atoms with Crippen molar-refractivity contribution in [3.8, 4) is 0 Å². The van der Waals surface area contributed by atoms with E-state index >= 15 is 0 Å². The van der Waals surface area contributed by atoms with E-state index in [1.54, 1.807) is 42.7 Å². The largest absolute Gasteiger partial charge is 0.480 e. The topological polar surface area (TPSA) is 338 Å². The molecule has 2 aliphatic heterocycles. The molecule has 0 bridgehead atoms. The Hall–Kier alpha value is -6.13. The van der Waals surface area contributed by atoms with E-state index in [2.05, 4.69) is 42.0 Å². The maximum absolute atomic E-state index is 14.6. The van der Waals surface area contributed by atoms with Crippen molar-refractivity contribution in [2.75, 3.05) is 26.2 Å². The van der Waals surface area contributed by atoms with Crippen LogP contribution < -0.4 is 43.4 Å². The number of nitrogens with zero attached hydrogens (tertiary/aromatic N) is 4. The molecule has 3 heterocycles. The van der Waals surface area contributed by atoms with Gasteiger partial charge in [-0.15, -0.1) is 0 Å². The molecule has 2 aromatic rings. The molecule has 5 rings (SSSR count). The molecule has 0 spiro atoms. The molecular weight excluding hydrogens is 845 g/mol. The van der Waals surface area contributed by atoms with Gasteiger partial charge in [0.25, 0.3) is 0 Å². The summed E-state index contributed by atoms with van der Waals surface area (Å²) in [7, 11) is 0. The van der Waals surface area contributed by atoms with Crippen molar-refractivity contribution in [1.82, 2.24) is 46.6 Å². The van der Waals surface area contributed by atoms with E-state index in [-0.39, 0.29) is 83.0 Å². The lowest BCUT2D eigenvalue weighted by Crippen LogP contribution is -2.60. The smallest absolute Gasteiger partial charge is 0.317 e. The molecule has 6 amide bonds. The first-order valence-corrected chi connectivity index (χ1v) is 22.3. The number of aliphatic hydroxyl groups excluding tert-OH is 2. The van der Waals surface area contributed by atoms with E-state index < -0.39 is 96.4 Å². The molecule has 65 heavy (non-hydrogen) atoms. The minimum atomic E-state index is -1.31. The second-order valence-corrected chi connectivity index (χ2v) is 17.2. The minimum absolute atomic E-state index is 0.0252. The minimum Gasteiger partial charge on any atom is -0.480 e. The SMILES string of the molecule is Cc1cnn(C[C@@H]2NC(=O)[C@@H](CC3CCC(O)CC3)NC(=O)[C@@H]3C[C@@H](O)CN3C(=O)[C@@H](NC(=O)[C@H](Cc3ccccc3)NCC(=O)O)CCCNC(=O)[C@H](CCCN=C(N)N)NC2=O)c1. The number of hydrogen-bond acceptors (Lipinski definition) is 12. The van der Waals surface area contributed by atoms with Crippen molar-refractivity contribution in [2.45, 2.75) is 133 Å². The standard InChI is InChI=1S/C43H64N12O10/c1-25-20-49-54(22-25)24-34-40(63)50-30(9-5-16-47-43(44)45)37(60)46-15-6-10-31(51-38(61)32(48-21-36(58)59)17-26-7-3-2-4-8-26)42(65)55-23-29(57)19-35(55)41(64)52-33(39(62)53-34)18-27-11-13-28(56)14-12-27/h2-4,7-8,20,22,27-35,48,56-57H,5-6,9-19,21,23-24H2,1H3,(H,46,60)(H,50,63)(H,51,61)(H,52,64)(H,53,62)(H,58,59)(H4,44,45,47)/t27?,28?,29-,30+,31+,32+,33-,34+,35+/m1/s1. The number of nitrogens with two attached hydrogens (primary N) is 2. The number of carboxylic acids is 1. The number of rotatable bonds is 15. The number of carbonyl (C=O) groups excluding carboxylic acids is 6. The third-order valence-corrected chi connectivity index (χ3v) is 11.9. The van der Waals surface area contributed by atoms with E-state index in [1.807, 2.05) is 6.92 Å². The van der Waals surface area contributed by atoms with E-state index in [0.717, 1.165) is 11.1 Å². The Kier molecular flexibility index (Phi) is 18.6. The summed E-state index contributed by atoms with van der Waals surface area (Å²) in [5.41, 5.74) is 12.5. The normalized spacial score (nSPS) is 26.6. The van der Waals surface area contributed by atoms with Gasteiger partial charge in [-0.1, -0.05) is 30.3 Å². The number of aryl methyl sites for hydroxylation is 1. The third-order valence-electron chi connectivity index (χ3n) is 11.9. The summed E-state index contributed by atoms with van der Waals surface area (Å²) in [5, 5.41) is 51.5. The molecule has 1 aromatic heterocycles. The van der Waals surface area contributed by atoms with Crippen LogP contribution in [0.15, 0.2) is 47.7 Å². The molecule has 2 saturated heterocycles. The van der Waals surface area contributed by atoms with Crippen LogP contribution >= 0.6 is 0 Å². The van der Waals surface area contributed by atoms with Crippen molar-refractivity contribution in [2.24, 2.45) is 22.4 Å². The van der Waals surface area contributed by atoms with E-state index in [0.29, 0.717) is 25.7 Å². The number of aliphatic imine (C=N–C) groups is 1. The van der Waals surface area contributed by atoms with Crippen molar-refractivity contribution >= 4 is 47.4 Å². The average Bonchev–Trinajstić information content (AvgIpc) is 3.88. The number of hydrogen-bond donors (Lipinski definition) is 11. The Balaban J connectivity index is 1.48. The van der Waals surface area contributed by atoms with Gasteiger partial charge in [0, 0.05) is 32.3 Å². The maximum atomic E-state index is 14.6. The zero-order chi connectivity index (χ0) is 47.0. The van der Waals surface area contributed by atoms with Crippen LogP contribution in [0.1, 0.15) is 75.3 Å². The summed E-state index contributed by atoms with van der Waals surface area (Å²) in [4.78, 5) is 102. The second-order valence-electron chi connectivity index (χ2n) is 17.2. The Morgan fingerprint density at radius 2 is 1.60 bits per heavy atom. The van der Waals surface area contributed by atoms with Crippen LogP contribution in [0.5, 0.6) is 0 Å². The molecule has 3 aliphatic rings. The fraction of sp³-hybridized carbons (Fsp3) is 0.605. The quantitative estimate of drug-likeness (QED) is 0.0492. The lowest BCUT2D eigenvalue weighted by Gasteiger charge is -2.32. The first-order chi connectivity index (χ1) is 31.1. The fourth-order valence-corrected chi connectivity index (χ4v) is 8.47. The summed E-state index contributed by atoms with van der Waals surface area (Å²) >= 11 is 0. The van der Waals surface area contributed by atoms with Crippen LogP contribution in [0.3, 0.4) is 0 Å². The molecule has 356 valence electrons. The zero-order valence-electron chi connectivity index (χ0n) is 36.7. The summed E-state index contributed by atoms with van der Waals surface area (Å²) < 4.78 is 1.47. The lowest BCUT2D eigenvalue weighted by molar-refractivity contribution is -0.143. The molecule has 0 radical (unpaired) electrons. The molecule has 22 heteroatoms. The van der Waals surface area contributed by atoms with Gasteiger partial charge in [0.2, 0.25) is 35.4 Å². The molecule has 1 aliphatic carbocycles. The van der Waals surface area contributed by atoms with E-state index in [1.165, 1.54) is 9.58 Å². The summed E-state index contributed by atoms with van der Waals surface area (Å²) in [5.74, 6) is -5.61. The molecule has 3 fully saturated rings. The van der Waals surface area contributed by atoms with Gasteiger partial charge in [-0.05, 0) is 88.2 Å². The van der Waals surface area contributed by atoms with Gasteiger partial charge < -0.3 is 58.3 Å². The predicted molar refractivity (Wildman–Crippen MR) is 235 cm³/mol. The van der Waals surface area contributed by atoms with Crippen LogP contribution in [0.2, 0.25) is 0 Å². The monoisotopic (exact) mass is 908 g/mol. The Morgan fingerprint density at radius 1 is 0.908 bits per heavy atom. The average molecular weight is 909 g/mol.